The molecule has 2 aromatic carbocycles. The highest BCUT2D eigenvalue weighted by molar-refractivity contribution is 6.32. The van der Waals surface area contributed by atoms with E-state index in [1.165, 1.54) is 6.20 Å². The molecule has 0 bridgehead atoms. The maximum Gasteiger partial charge on any atom is 0.174 e. The Bertz CT molecular complexity index is 1330. The highest BCUT2D eigenvalue weighted by Crippen LogP contribution is 2.40. The molecule has 5 nitrogen and oxygen atoms in total. The Kier molecular flexibility index (Phi) is 8.60. The molecule has 37 heavy (non-hydrogen) atoms. The van der Waals surface area contributed by atoms with Crippen molar-refractivity contribution in [3.63, 3.8) is 0 Å². The maximum atomic E-state index is 13.8. The monoisotopic (exact) mass is 532 g/mol. The number of methoxy groups -OCH3 is 1. The third-order valence-electron chi connectivity index (χ3n) is 7.12. The van der Waals surface area contributed by atoms with Crippen molar-refractivity contribution in [3.05, 3.63) is 70.1 Å². The fourth-order valence-corrected chi connectivity index (χ4v) is 5.06. The topological polar surface area (TPSA) is 65.8 Å². The second kappa shape index (κ2) is 11.7. The van der Waals surface area contributed by atoms with Gasteiger partial charge in [-0.05, 0) is 68.5 Å². The van der Waals surface area contributed by atoms with Gasteiger partial charge in [0.15, 0.2) is 11.6 Å². The number of ether oxygens (including phenoxy) is 1. The highest BCUT2D eigenvalue weighted by atomic mass is 35.5. The van der Waals surface area contributed by atoms with Crippen LogP contribution in [0.3, 0.4) is 0 Å². The van der Waals surface area contributed by atoms with E-state index in [0.717, 1.165) is 11.5 Å². The third kappa shape index (κ3) is 6.19. The Morgan fingerprint density at radius 3 is 2.65 bits per heavy atom. The van der Waals surface area contributed by atoms with Gasteiger partial charge in [-0.2, -0.15) is 0 Å². The van der Waals surface area contributed by atoms with Gasteiger partial charge in [-0.1, -0.05) is 23.4 Å². The van der Waals surface area contributed by atoms with Crippen molar-refractivity contribution in [3.8, 4) is 17.6 Å². The van der Waals surface area contributed by atoms with Crippen LogP contribution in [0.1, 0.15) is 42.9 Å². The summed E-state index contributed by atoms with van der Waals surface area (Å²) in [7, 11) is 1.57. The zero-order chi connectivity index (χ0) is 26.6. The number of aliphatic hydroxyl groups excluding tert-OH is 2. The summed E-state index contributed by atoms with van der Waals surface area (Å²) in [6, 6.07) is 6.77. The molecule has 3 aromatic rings. The molecule has 2 heterocycles. The molecular weight excluding hydrogens is 505 g/mol. The Morgan fingerprint density at radius 1 is 1.19 bits per heavy atom. The molecule has 0 amide bonds. The van der Waals surface area contributed by atoms with Crippen LogP contribution in [0.15, 0.2) is 36.5 Å². The van der Waals surface area contributed by atoms with E-state index in [0.29, 0.717) is 73.2 Å². The Labute approximate surface area is 218 Å². The average molecular weight is 533 g/mol. The second-order valence-electron chi connectivity index (χ2n) is 9.44. The number of aliphatic hydroxyl groups is 2. The standard InChI is InChI=1S/C28H28ClF3N2O3/c1-37-20-4-5-24-21(15-20)26(22(29)16-33-24)25(36)6-7-28(17-35)8-11-34(12-9-28)10-2-3-18-13-19(30)14-23(31)27(18)32/h4-5,13-16,25,35-36H,6-12,17H2,1H3/t25-/m0/s1. The zero-order valence-corrected chi connectivity index (χ0v) is 21.2. The summed E-state index contributed by atoms with van der Waals surface area (Å²) in [4.78, 5) is 6.38. The predicted octanol–water partition coefficient (Wildman–Crippen LogP) is 5.25. The van der Waals surface area contributed by atoms with Crippen LogP contribution in [0, 0.1) is 34.7 Å². The first-order chi connectivity index (χ1) is 17.7. The van der Waals surface area contributed by atoms with Gasteiger partial charge in [-0.3, -0.25) is 9.88 Å². The number of hydrogen-bond donors (Lipinski definition) is 2. The molecule has 1 aliphatic rings. The van der Waals surface area contributed by atoms with E-state index in [1.807, 2.05) is 11.0 Å². The van der Waals surface area contributed by atoms with E-state index >= 15 is 0 Å². The number of pyridine rings is 1. The van der Waals surface area contributed by atoms with Crippen LogP contribution in [-0.4, -0.2) is 53.4 Å². The molecule has 1 aliphatic heterocycles. The molecule has 1 fully saturated rings. The van der Waals surface area contributed by atoms with Gasteiger partial charge in [-0.15, -0.1) is 0 Å². The molecule has 2 N–H and O–H groups in total. The molecule has 0 aliphatic carbocycles. The molecular formula is C28H28ClF3N2O3. The lowest BCUT2D eigenvalue weighted by Gasteiger charge is -2.40. The van der Waals surface area contributed by atoms with E-state index < -0.39 is 23.6 Å². The number of aromatic nitrogens is 1. The maximum absolute atomic E-state index is 13.8. The first-order valence-electron chi connectivity index (χ1n) is 12.0. The van der Waals surface area contributed by atoms with Crippen LogP contribution in [0.4, 0.5) is 13.2 Å². The number of piperidine rings is 1. The number of rotatable bonds is 7. The molecule has 1 atom stereocenters. The first-order valence-corrected chi connectivity index (χ1v) is 12.4. The fraction of sp³-hybridized carbons (Fsp3) is 0.393. The SMILES string of the molecule is COc1ccc2ncc(Cl)c([C@@H](O)CCC3(CO)CCN(CC#Cc4cc(F)cc(F)c4F)CC3)c2c1. The number of fused-ring (bicyclic) bond motifs is 1. The highest BCUT2D eigenvalue weighted by Gasteiger charge is 2.34. The first kappa shape index (κ1) is 27.2. The Balaban J connectivity index is 1.38. The number of nitrogens with zero attached hydrogens (tertiary/aromatic N) is 2. The van der Waals surface area contributed by atoms with E-state index in [1.54, 1.807) is 19.2 Å². The Hall–Kier alpha value is -2.83. The predicted molar refractivity (Wildman–Crippen MR) is 136 cm³/mol. The number of likely N-dealkylation sites (tertiary alicyclic amines) is 1. The molecule has 0 unspecified atom stereocenters. The largest absolute Gasteiger partial charge is 0.497 e. The molecule has 1 saturated heterocycles. The van der Waals surface area contributed by atoms with E-state index in [-0.39, 0.29) is 17.6 Å². The van der Waals surface area contributed by atoms with Gasteiger partial charge in [0.25, 0.3) is 0 Å². The molecule has 0 spiro atoms. The van der Waals surface area contributed by atoms with Gasteiger partial charge in [0.1, 0.15) is 11.6 Å². The number of benzene rings is 2. The van der Waals surface area contributed by atoms with Gasteiger partial charge in [0, 0.05) is 29.8 Å². The van der Waals surface area contributed by atoms with Crippen molar-refractivity contribution in [2.24, 2.45) is 5.41 Å². The van der Waals surface area contributed by atoms with E-state index in [9.17, 15) is 23.4 Å². The summed E-state index contributed by atoms with van der Waals surface area (Å²) in [6.07, 6.45) is 3.03. The minimum atomic E-state index is -1.27. The minimum Gasteiger partial charge on any atom is -0.497 e. The van der Waals surface area contributed by atoms with Crippen LogP contribution in [0.25, 0.3) is 10.9 Å². The summed E-state index contributed by atoms with van der Waals surface area (Å²) >= 11 is 6.43. The number of hydrogen-bond acceptors (Lipinski definition) is 5. The minimum absolute atomic E-state index is 0.0222. The summed E-state index contributed by atoms with van der Waals surface area (Å²) in [5.74, 6) is 2.62. The summed E-state index contributed by atoms with van der Waals surface area (Å²) in [5.41, 5.74) is 0.613. The second-order valence-corrected chi connectivity index (χ2v) is 9.85. The van der Waals surface area contributed by atoms with Crippen LogP contribution in [0.5, 0.6) is 5.75 Å². The van der Waals surface area contributed by atoms with E-state index in [2.05, 4.69) is 16.8 Å². The van der Waals surface area contributed by atoms with Crippen molar-refractivity contribution in [2.75, 3.05) is 33.4 Å². The molecule has 4 rings (SSSR count). The van der Waals surface area contributed by atoms with Crippen molar-refractivity contribution >= 4 is 22.5 Å². The zero-order valence-electron chi connectivity index (χ0n) is 20.4. The summed E-state index contributed by atoms with van der Waals surface area (Å²) in [5, 5.41) is 22.4. The smallest absolute Gasteiger partial charge is 0.174 e. The van der Waals surface area contributed by atoms with Crippen molar-refractivity contribution in [2.45, 2.75) is 31.8 Å². The van der Waals surface area contributed by atoms with Crippen LogP contribution < -0.4 is 4.74 Å². The van der Waals surface area contributed by atoms with Gasteiger partial charge >= 0.3 is 0 Å². The van der Waals surface area contributed by atoms with Crippen LogP contribution >= 0.6 is 11.6 Å². The quantitative estimate of drug-likeness (QED) is 0.321. The van der Waals surface area contributed by atoms with Gasteiger partial charge < -0.3 is 14.9 Å². The lowest BCUT2D eigenvalue weighted by Crippen LogP contribution is -2.42. The van der Waals surface area contributed by atoms with E-state index in [4.69, 9.17) is 16.3 Å². The number of halogens is 4. The summed E-state index contributed by atoms with van der Waals surface area (Å²) < 4.78 is 45.8. The van der Waals surface area contributed by atoms with Crippen molar-refractivity contribution < 1.29 is 28.1 Å². The van der Waals surface area contributed by atoms with Crippen molar-refractivity contribution in [1.82, 2.24) is 9.88 Å². The average Bonchev–Trinajstić information content (AvgIpc) is 2.90. The molecule has 0 saturated carbocycles. The lowest BCUT2D eigenvalue weighted by molar-refractivity contribution is 0.0273. The molecule has 1 aromatic heterocycles. The van der Waals surface area contributed by atoms with Crippen molar-refractivity contribution in [1.29, 1.82) is 0 Å². The van der Waals surface area contributed by atoms with Crippen LogP contribution in [-0.2, 0) is 0 Å². The lowest BCUT2D eigenvalue weighted by atomic mass is 9.74. The van der Waals surface area contributed by atoms with Gasteiger partial charge in [0.2, 0.25) is 0 Å². The fourth-order valence-electron chi connectivity index (χ4n) is 4.79. The molecule has 9 heteroatoms. The third-order valence-corrected chi connectivity index (χ3v) is 7.42. The normalized spacial score (nSPS) is 16.3. The Morgan fingerprint density at radius 2 is 1.95 bits per heavy atom. The molecule has 0 radical (unpaired) electrons. The molecule has 196 valence electrons. The van der Waals surface area contributed by atoms with Crippen LogP contribution in [0.2, 0.25) is 5.02 Å². The van der Waals surface area contributed by atoms with Gasteiger partial charge in [0.05, 0.1) is 35.9 Å². The van der Waals surface area contributed by atoms with Gasteiger partial charge in [-0.25, -0.2) is 13.2 Å². The summed E-state index contributed by atoms with van der Waals surface area (Å²) in [6.45, 7) is 1.57.